The van der Waals surface area contributed by atoms with Crippen LogP contribution in [0.3, 0.4) is 0 Å². The fourth-order valence-electron chi connectivity index (χ4n) is 1.89. The van der Waals surface area contributed by atoms with E-state index in [1.165, 1.54) is 12.3 Å². The van der Waals surface area contributed by atoms with Crippen LogP contribution in [-0.2, 0) is 6.18 Å². The smallest absolute Gasteiger partial charge is 0.378 e. The number of hydrogen-bond donors (Lipinski definition) is 2. The van der Waals surface area contributed by atoms with Gasteiger partial charge in [-0.2, -0.15) is 23.0 Å². The van der Waals surface area contributed by atoms with E-state index in [1.807, 2.05) is 0 Å². The van der Waals surface area contributed by atoms with Crippen LogP contribution in [0.1, 0.15) is 21.6 Å². The highest BCUT2D eigenvalue weighted by Crippen LogP contribution is 2.31. The van der Waals surface area contributed by atoms with E-state index < -0.39 is 17.6 Å². The van der Waals surface area contributed by atoms with Gasteiger partial charge in [-0.3, -0.25) is 4.79 Å². The lowest BCUT2D eigenvalue weighted by Crippen LogP contribution is -2.18. The molecule has 10 nitrogen and oxygen atoms in total. The minimum absolute atomic E-state index is 0.0312. The summed E-state index contributed by atoms with van der Waals surface area (Å²) >= 11 is 5.66. The fraction of sp³-hybridized carbons (Fsp3) is 0.0769. The molecule has 0 atom stereocenters. The van der Waals surface area contributed by atoms with E-state index >= 15 is 0 Å². The van der Waals surface area contributed by atoms with Crippen molar-refractivity contribution in [3.63, 3.8) is 0 Å². The SMILES string of the molecule is Nc1nonc1-n1cc(C(=O)N/N=C/c2cc(Cl)cc(C(F)(F)F)c2)nn1. The topological polar surface area (TPSA) is 137 Å². The Morgan fingerprint density at radius 3 is 2.78 bits per heavy atom. The van der Waals surface area contributed by atoms with E-state index in [1.54, 1.807) is 0 Å². The Morgan fingerprint density at radius 2 is 2.11 bits per heavy atom. The second-order valence-electron chi connectivity index (χ2n) is 4.99. The number of aromatic nitrogens is 5. The van der Waals surface area contributed by atoms with Crippen molar-refractivity contribution in [2.45, 2.75) is 6.18 Å². The maximum Gasteiger partial charge on any atom is 0.416 e. The summed E-state index contributed by atoms with van der Waals surface area (Å²) in [6.07, 6.45) is -2.38. The van der Waals surface area contributed by atoms with E-state index in [0.29, 0.717) is 0 Å². The highest BCUT2D eigenvalue weighted by atomic mass is 35.5. The van der Waals surface area contributed by atoms with Crippen molar-refractivity contribution < 1.29 is 22.6 Å². The first kappa shape index (κ1) is 18.3. The number of nitrogens with one attached hydrogen (secondary N) is 1. The third-order valence-corrected chi connectivity index (χ3v) is 3.28. The van der Waals surface area contributed by atoms with Crippen molar-refractivity contribution in [1.82, 2.24) is 30.7 Å². The van der Waals surface area contributed by atoms with Gasteiger partial charge in [0, 0.05) is 5.02 Å². The van der Waals surface area contributed by atoms with Gasteiger partial charge in [0.2, 0.25) is 11.6 Å². The van der Waals surface area contributed by atoms with Gasteiger partial charge >= 0.3 is 6.18 Å². The first-order valence-corrected chi connectivity index (χ1v) is 7.34. The second-order valence-corrected chi connectivity index (χ2v) is 5.43. The van der Waals surface area contributed by atoms with Crippen LogP contribution in [0.15, 0.2) is 34.1 Å². The van der Waals surface area contributed by atoms with Crippen molar-refractivity contribution in [3.8, 4) is 5.82 Å². The van der Waals surface area contributed by atoms with Crippen molar-refractivity contribution in [2.24, 2.45) is 5.10 Å². The first-order chi connectivity index (χ1) is 12.7. The normalized spacial score (nSPS) is 11.9. The molecule has 3 N–H and O–H groups in total. The zero-order valence-corrected chi connectivity index (χ0v) is 13.7. The van der Waals surface area contributed by atoms with Crippen molar-refractivity contribution in [3.05, 3.63) is 46.2 Å². The number of amides is 1. The van der Waals surface area contributed by atoms with E-state index in [9.17, 15) is 18.0 Å². The summed E-state index contributed by atoms with van der Waals surface area (Å²) in [6, 6.07) is 2.86. The number of rotatable bonds is 4. The molecule has 3 aromatic rings. The summed E-state index contributed by atoms with van der Waals surface area (Å²) in [7, 11) is 0. The first-order valence-electron chi connectivity index (χ1n) is 6.96. The highest BCUT2D eigenvalue weighted by Gasteiger charge is 2.31. The van der Waals surface area contributed by atoms with Crippen LogP contribution in [0.2, 0.25) is 5.02 Å². The van der Waals surface area contributed by atoms with Gasteiger partial charge in [0.25, 0.3) is 5.91 Å². The summed E-state index contributed by atoms with van der Waals surface area (Å²) in [6.45, 7) is 0. The van der Waals surface area contributed by atoms with Crippen LogP contribution < -0.4 is 11.2 Å². The molecule has 0 aliphatic carbocycles. The maximum atomic E-state index is 12.8. The molecule has 0 aliphatic heterocycles. The maximum absolute atomic E-state index is 12.8. The van der Waals surface area contributed by atoms with Crippen LogP contribution >= 0.6 is 11.6 Å². The molecule has 2 heterocycles. The van der Waals surface area contributed by atoms with Crippen LogP contribution in [0.5, 0.6) is 0 Å². The summed E-state index contributed by atoms with van der Waals surface area (Å²) in [5.74, 6) is -0.805. The van der Waals surface area contributed by atoms with Gasteiger partial charge < -0.3 is 5.73 Å². The van der Waals surface area contributed by atoms with Gasteiger partial charge in [0.05, 0.1) is 18.0 Å². The number of nitrogens with two attached hydrogens (primary N) is 1. The molecule has 0 fully saturated rings. The Hall–Kier alpha value is -3.48. The van der Waals surface area contributed by atoms with E-state index in [2.05, 4.69) is 35.8 Å². The molecule has 0 saturated carbocycles. The standard InChI is InChI=1S/C13H8ClF3N8O2/c14-8-2-6(1-7(3-8)13(15,16)17)4-19-21-12(26)9-5-25(24-20-9)11-10(18)22-27-23-11/h1-5H,(H2,18,22)(H,21,26)/b19-4+. The molecular formula is C13H8ClF3N8O2. The number of benzene rings is 1. The van der Waals surface area contributed by atoms with Crippen LogP contribution in [0.25, 0.3) is 5.82 Å². The molecule has 14 heteroatoms. The summed E-state index contributed by atoms with van der Waals surface area (Å²) in [5.41, 5.74) is 6.53. The highest BCUT2D eigenvalue weighted by molar-refractivity contribution is 6.30. The molecule has 140 valence electrons. The lowest BCUT2D eigenvalue weighted by molar-refractivity contribution is -0.137. The van der Waals surface area contributed by atoms with Gasteiger partial charge in [0.15, 0.2) is 5.69 Å². The third kappa shape index (κ3) is 4.20. The number of anilines is 1. The van der Waals surface area contributed by atoms with Gasteiger partial charge in [-0.15, -0.1) is 5.10 Å². The number of nitrogen functional groups attached to an aromatic ring is 1. The monoisotopic (exact) mass is 400 g/mol. The number of hydrazone groups is 1. The molecule has 3 rings (SSSR count). The van der Waals surface area contributed by atoms with Crippen molar-refractivity contribution in [1.29, 1.82) is 0 Å². The Morgan fingerprint density at radius 1 is 1.33 bits per heavy atom. The van der Waals surface area contributed by atoms with Crippen molar-refractivity contribution >= 4 is 29.5 Å². The molecule has 1 amide bonds. The zero-order valence-electron chi connectivity index (χ0n) is 13.0. The van der Waals surface area contributed by atoms with Gasteiger partial charge in [-0.05, 0) is 34.1 Å². The summed E-state index contributed by atoms with van der Waals surface area (Å²) < 4.78 is 43.7. The number of hydrogen-bond acceptors (Lipinski definition) is 8. The quantitative estimate of drug-likeness (QED) is 0.502. The minimum Gasteiger partial charge on any atom is -0.378 e. The predicted molar refractivity (Wildman–Crippen MR) is 85.1 cm³/mol. The lowest BCUT2D eigenvalue weighted by atomic mass is 10.1. The van der Waals surface area contributed by atoms with Crippen LogP contribution in [0, 0.1) is 0 Å². The van der Waals surface area contributed by atoms with E-state index in [0.717, 1.165) is 23.0 Å². The lowest BCUT2D eigenvalue weighted by Gasteiger charge is -2.07. The molecule has 0 bridgehead atoms. The minimum atomic E-state index is -4.56. The Balaban J connectivity index is 1.70. The fourth-order valence-corrected chi connectivity index (χ4v) is 2.14. The largest absolute Gasteiger partial charge is 0.416 e. The average molecular weight is 401 g/mol. The zero-order chi connectivity index (χ0) is 19.6. The van der Waals surface area contributed by atoms with Crippen LogP contribution in [-0.4, -0.2) is 37.4 Å². The van der Waals surface area contributed by atoms with Gasteiger partial charge in [-0.1, -0.05) is 16.8 Å². The Kier molecular flexibility index (Phi) is 4.77. The summed E-state index contributed by atoms with van der Waals surface area (Å²) in [5, 5.41) is 17.5. The van der Waals surface area contributed by atoms with Gasteiger partial charge in [0.1, 0.15) is 0 Å². The molecule has 0 unspecified atom stereocenters. The summed E-state index contributed by atoms with van der Waals surface area (Å²) in [4.78, 5) is 12.0. The van der Waals surface area contributed by atoms with Crippen LogP contribution in [0.4, 0.5) is 19.0 Å². The molecule has 0 radical (unpaired) electrons. The Labute approximate surface area is 152 Å². The average Bonchev–Trinajstić information content (AvgIpc) is 3.22. The second kappa shape index (κ2) is 7.03. The third-order valence-electron chi connectivity index (χ3n) is 3.07. The molecule has 0 spiro atoms. The molecule has 0 saturated heterocycles. The van der Waals surface area contributed by atoms with Gasteiger partial charge in [-0.25, -0.2) is 10.1 Å². The number of carbonyl (C=O) groups is 1. The molecule has 0 aliphatic rings. The molecular weight excluding hydrogens is 393 g/mol. The predicted octanol–water partition coefficient (Wildman–Crippen LogP) is 1.67. The molecule has 1 aromatic carbocycles. The molecule has 2 aromatic heterocycles. The number of halogens is 4. The Bertz CT molecular complexity index is 1010. The van der Waals surface area contributed by atoms with Crippen molar-refractivity contribution in [2.75, 3.05) is 5.73 Å². The molecule has 27 heavy (non-hydrogen) atoms. The number of nitrogens with zero attached hydrogens (tertiary/aromatic N) is 6. The number of alkyl halides is 3. The number of carbonyl (C=O) groups excluding carboxylic acids is 1. The van der Waals surface area contributed by atoms with E-state index in [-0.39, 0.29) is 27.9 Å². The van der Waals surface area contributed by atoms with E-state index in [4.69, 9.17) is 17.3 Å².